The van der Waals surface area contributed by atoms with Crippen LogP contribution in [0.2, 0.25) is 0 Å². The van der Waals surface area contributed by atoms with Crippen LogP contribution < -0.4 is 10.6 Å². The van der Waals surface area contributed by atoms with E-state index in [1.54, 1.807) is 17.5 Å². The second-order valence-corrected chi connectivity index (χ2v) is 9.27. The van der Waals surface area contributed by atoms with Crippen molar-refractivity contribution in [2.45, 2.75) is 54.9 Å². The topological polar surface area (TPSA) is 78.5 Å². The zero-order valence-electron chi connectivity index (χ0n) is 13.2. The highest BCUT2D eigenvalue weighted by molar-refractivity contribution is 7.91. The molecule has 0 saturated carbocycles. The Morgan fingerprint density at radius 1 is 1.39 bits per heavy atom. The van der Waals surface area contributed by atoms with Crippen LogP contribution in [0.5, 0.6) is 0 Å². The first-order valence-corrected chi connectivity index (χ1v) is 10.4. The standard InChI is InChI=1S/C15H23N3O3S2/c1-11-12(5-2-8-16-11)17-15(19)13-6-3-9-18(13)23(20,21)14-7-4-10-22-14/h4,7,10-13,16H,2-3,5-6,8-9H2,1H3,(H,17,19). The fourth-order valence-corrected chi connectivity index (χ4v) is 6.11. The Hall–Kier alpha value is -0.960. The van der Waals surface area contributed by atoms with Crippen LogP contribution in [-0.4, -0.2) is 49.8 Å². The number of thiophene rings is 1. The van der Waals surface area contributed by atoms with Gasteiger partial charge >= 0.3 is 0 Å². The van der Waals surface area contributed by atoms with Crippen LogP contribution >= 0.6 is 11.3 Å². The quantitative estimate of drug-likeness (QED) is 0.848. The van der Waals surface area contributed by atoms with Gasteiger partial charge in [-0.1, -0.05) is 6.07 Å². The number of nitrogens with zero attached hydrogens (tertiary/aromatic N) is 1. The summed E-state index contributed by atoms with van der Waals surface area (Å²) in [5, 5.41) is 8.14. The SMILES string of the molecule is CC1NCCCC1NC(=O)C1CCCN1S(=O)(=O)c1cccs1. The van der Waals surface area contributed by atoms with Crippen LogP contribution in [-0.2, 0) is 14.8 Å². The zero-order chi connectivity index (χ0) is 16.4. The van der Waals surface area contributed by atoms with Gasteiger partial charge in [0.1, 0.15) is 10.3 Å². The molecular formula is C15H23N3O3S2. The summed E-state index contributed by atoms with van der Waals surface area (Å²) in [5.41, 5.74) is 0. The number of sulfonamides is 1. The monoisotopic (exact) mass is 357 g/mol. The van der Waals surface area contributed by atoms with E-state index in [2.05, 4.69) is 17.6 Å². The summed E-state index contributed by atoms with van der Waals surface area (Å²) in [6, 6.07) is 3.02. The maximum Gasteiger partial charge on any atom is 0.253 e. The first-order chi connectivity index (χ1) is 11.0. The van der Waals surface area contributed by atoms with Crippen molar-refractivity contribution in [3.8, 4) is 0 Å². The van der Waals surface area contributed by atoms with Crippen LogP contribution in [0.3, 0.4) is 0 Å². The van der Waals surface area contributed by atoms with Crippen molar-refractivity contribution >= 4 is 27.3 Å². The molecule has 2 N–H and O–H groups in total. The molecule has 2 aliphatic heterocycles. The van der Waals surface area contributed by atoms with E-state index < -0.39 is 16.1 Å². The predicted octanol–water partition coefficient (Wildman–Crippen LogP) is 1.16. The summed E-state index contributed by atoms with van der Waals surface area (Å²) in [6.07, 6.45) is 3.27. The van der Waals surface area contributed by atoms with Gasteiger partial charge in [-0.3, -0.25) is 4.79 Å². The number of amides is 1. The largest absolute Gasteiger partial charge is 0.350 e. The number of carbonyl (C=O) groups is 1. The minimum Gasteiger partial charge on any atom is -0.350 e. The average molecular weight is 358 g/mol. The van der Waals surface area contributed by atoms with Crippen molar-refractivity contribution in [2.75, 3.05) is 13.1 Å². The van der Waals surface area contributed by atoms with E-state index in [-0.39, 0.29) is 18.0 Å². The summed E-state index contributed by atoms with van der Waals surface area (Å²) < 4.78 is 27.1. The lowest BCUT2D eigenvalue weighted by Gasteiger charge is -2.32. The molecule has 2 fully saturated rings. The van der Waals surface area contributed by atoms with E-state index in [4.69, 9.17) is 0 Å². The van der Waals surface area contributed by atoms with Gasteiger partial charge in [-0.25, -0.2) is 8.42 Å². The lowest BCUT2D eigenvalue weighted by Crippen LogP contribution is -2.56. The normalized spacial score (nSPS) is 29.5. The molecule has 8 heteroatoms. The molecule has 23 heavy (non-hydrogen) atoms. The minimum atomic E-state index is -3.57. The van der Waals surface area contributed by atoms with Crippen LogP contribution in [0.25, 0.3) is 0 Å². The van der Waals surface area contributed by atoms with Crippen molar-refractivity contribution in [3.63, 3.8) is 0 Å². The first kappa shape index (κ1) is 16.9. The van der Waals surface area contributed by atoms with E-state index in [9.17, 15) is 13.2 Å². The maximum absolute atomic E-state index is 12.7. The molecule has 3 atom stereocenters. The van der Waals surface area contributed by atoms with E-state index in [1.165, 1.54) is 15.6 Å². The van der Waals surface area contributed by atoms with Crippen molar-refractivity contribution in [3.05, 3.63) is 17.5 Å². The van der Waals surface area contributed by atoms with E-state index in [0.29, 0.717) is 17.2 Å². The van der Waals surface area contributed by atoms with Gasteiger partial charge in [-0.2, -0.15) is 4.31 Å². The molecule has 0 aromatic carbocycles. The molecule has 2 aliphatic rings. The molecule has 0 radical (unpaired) electrons. The number of hydrogen-bond donors (Lipinski definition) is 2. The highest BCUT2D eigenvalue weighted by Crippen LogP contribution is 2.28. The highest BCUT2D eigenvalue weighted by Gasteiger charge is 2.40. The van der Waals surface area contributed by atoms with E-state index in [1.807, 2.05) is 0 Å². The van der Waals surface area contributed by atoms with Gasteiger partial charge < -0.3 is 10.6 Å². The lowest BCUT2D eigenvalue weighted by atomic mass is 9.99. The predicted molar refractivity (Wildman–Crippen MR) is 89.9 cm³/mol. The van der Waals surface area contributed by atoms with Crippen LogP contribution in [0.15, 0.2) is 21.7 Å². The number of hydrogen-bond acceptors (Lipinski definition) is 5. The fourth-order valence-electron chi connectivity index (χ4n) is 3.34. The zero-order valence-corrected chi connectivity index (χ0v) is 14.8. The fraction of sp³-hybridized carbons (Fsp3) is 0.667. The van der Waals surface area contributed by atoms with Gasteiger partial charge in [-0.05, 0) is 50.6 Å². The molecule has 0 spiro atoms. The van der Waals surface area contributed by atoms with Gasteiger partial charge in [0, 0.05) is 18.6 Å². The van der Waals surface area contributed by atoms with Gasteiger partial charge in [0.25, 0.3) is 10.0 Å². The Labute approximate surface area is 141 Å². The average Bonchev–Trinajstić information content (AvgIpc) is 3.21. The van der Waals surface area contributed by atoms with Crippen LogP contribution in [0.4, 0.5) is 0 Å². The Kier molecular flexibility index (Phi) is 5.05. The molecule has 3 unspecified atom stereocenters. The first-order valence-electron chi connectivity index (χ1n) is 8.09. The molecule has 1 aromatic heterocycles. The summed E-state index contributed by atoms with van der Waals surface area (Å²) in [6.45, 7) is 3.44. The Morgan fingerprint density at radius 3 is 2.91 bits per heavy atom. The molecule has 1 aromatic rings. The van der Waals surface area contributed by atoms with E-state index in [0.717, 1.165) is 25.8 Å². The summed E-state index contributed by atoms with van der Waals surface area (Å²) in [4.78, 5) is 12.6. The van der Waals surface area contributed by atoms with Gasteiger partial charge in [0.15, 0.2) is 0 Å². The molecule has 0 aliphatic carbocycles. The molecule has 128 valence electrons. The highest BCUT2D eigenvalue weighted by atomic mass is 32.2. The number of piperidine rings is 1. The third kappa shape index (κ3) is 3.45. The summed E-state index contributed by atoms with van der Waals surface area (Å²) >= 11 is 1.20. The smallest absolute Gasteiger partial charge is 0.253 e. The molecular weight excluding hydrogens is 334 g/mol. The molecule has 6 nitrogen and oxygen atoms in total. The van der Waals surface area contributed by atoms with Gasteiger partial charge in [-0.15, -0.1) is 11.3 Å². The summed E-state index contributed by atoms with van der Waals surface area (Å²) in [7, 11) is -3.57. The lowest BCUT2D eigenvalue weighted by molar-refractivity contribution is -0.125. The van der Waals surface area contributed by atoms with Crippen molar-refractivity contribution in [1.29, 1.82) is 0 Å². The van der Waals surface area contributed by atoms with Crippen molar-refractivity contribution in [1.82, 2.24) is 14.9 Å². The maximum atomic E-state index is 12.7. The van der Waals surface area contributed by atoms with E-state index >= 15 is 0 Å². The van der Waals surface area contributed by atoms with Crippen LogP contribution in [0.1, 0.15) is 32.6 Å². The molecule has 1 amide bonds. The van der Waals surface area contributed by atoms with Gasteiger partial charge in [0.2, 0.25) is 5.91 Å². The van der Waals surface area contributed by atoms with Crippen molar-refractivity contribution in [2.24, 2.45) is 0 Å². The molecule has 0 bridgehead atoms. The second kappa shape index (κ2) is 6.88. The number of carbonyl (C=O) groups excluding carboxylic acids is 1. The Morgan fingerprint density at radius 2 is 2.22 bits per heavy atom. The molecule has 2 saturated heterocycles. The van der Waals surface area contributed by atoms with Gasteiger partial charge in [0.05, 0.1) is 0 Å². The third-order valence-corrected chi connectivity index (χ3v) is 7.94. The van der Waals surface area contributed by atoms with Crippen LogP contribution in [0, 0.1) is 0 Å². The number of nitrogens with one attached hydrogen (secondary N) is 2. The molecule has 3 rings (SSSR count). The Bertz CT molecular complexity index is 645. The number of rotatable bonds is 4. The minimum absolute atomic E-state index is 0.0724. The Balaban J connectivity index is 1.72. The summed E-state index contributed by atoms with van der Waals surface area (Å²) in [5.74, 6) is -0.164. The third-order valence-electron chi connectivity index (χ3n) is 4.65. The van der Waals surface area contributed by atoms with Crippen molar-refractivity contribution < 1.29 is 13.2 Å². The molecule has 3 heterocycles. The second-order valence-electron chi connectivity index (χ2n) is 6.21.